The number of carboxylic acid groups (broad SMARTS) is 2. The second kappa shape index (κ2) is 16.2. The van der Waals surface area contributed by atoms with Crippen molar-refractivity contribution in [3.8, 4) is 0 Å². The summed E-state index contributed by atoms with van der Waals surface area (Å²) < 4.78 is 8.87. The molecule has 0 spiro atoms. The molecule has 0 atom stereocenters. The Morgan fingerprint density at radius 1 is 0.719 bits per heavy atom. The van der Waals surface area contributed by atoms with E-state index in [1.54, 1.807) is 23.4 Å². The van der Waals surface area contributed by atoms with Crippen molar-refractivity contribution in [2.75, 3.05) is 28.3 Å². The number of rotatable bonds is 10. The predicted octanol–water partition coefficient (Wildman–Crippen LogP) is 2.05. The Kier molecular flexibility index (Phi) is 15.5. The third-order valence-electron chi connectivity index (χ3n) is 3.63. The molecule has 0 aliphatic heterocycles. The number of allylic oxidation sites excluding steroid dienone is 4. The van der Waals surface area contributed by atoms with Gasteiger partial charge in [-0.3, -0.25) is 0 Å². The molecule has 0 rings (SSSR count). The van der Waals surface area contributed by atoms with Crippen molar-refractivity contribution in [1.82, 2.24) is 9.80 Å². The van der Waals surface area contributed by atoms with Crippen LogP contribution in [0.5, 0.6) is 0 Å². The highest BCUT2D eigenvalue weighted by Gasteiger charge is 2.18. The number of aliphatic carboxylic acids is 2. The zero-order valence-electron chi connectivity index (χ0n) is 19.9. The Morgan fingerprint density at radius 2 is 1.09 bits per heavy atom. The Morgan fingerprint density at radius 3 is 1.41 bits per heavy atom. The standard InChI is InChI=1S/C12H19NO4.C10H15NO4/c1-8(2)13(9(3)4)7-5-6-10(11(14)15)12(16)17;1-11(2)7-5-6-8(9(12)14-3)10(13)15-4/h5-9H,1-4H3,(H,14,15)(H,16,17);5-7H,1-4H3. The van der Waals surface area contributed by atoms with E-state index >= 15 is 0 Å². The fourth-order valence-electron chi connectivity index (χ4n) is 2.16. The number of esters is 2. The van der Waals surface area contributed by atoms with Crippen LogP contribution in [0, 0.1) is 0 Å². The number of carbonyl (C=O) groups is 4. The summed E-state index contributed by atoms with van der Waals surface area (Å²) in [5.41, 5.74) is -0.785. The van der Waals surface area contributed by atoms with Crippen molar-refractivity contribution in [3.63, 3.8) is 0 Å². The highest BCUT2D eigenvalue weighted by atomic mass is 16.5. The number of hydrogen-bond donors (Lipinski definition) is 2. The van der Waals surface area contributed by atoms with Crippen LogP contribution in [0.2, 0.25) is 0 Å². The Balaban J connectivity index is 0. The maximum absolute atomic E-state index is 11.1. The lowest BCUT2D eigenvalue weighted by atomic mass is 10.2. The van der Waals surface area contributed by atoms with Gasteiger partial charge in [0.25, 0.3) is 0 Å². The van der Waals surface area contributed by atoms with Gasteiger partial charge >= 0.3 is 23.9 Å². The van der Waals surface area contributed by atoms with Gasteiger partial charge in [0.15, 0.2) is 0 Å². The third kappa shape index (κ3) is 12.9. The van der Waals surface area contributed by atoms with Crippen LogP contribution in [0.3, 0.4) is 0 Å². The highest BCUT2D eigenvalue weighted by molar-refractivity contribution is 6.14. The molecular formula is C22H34N2O8. The zero-order valence-corrected chi connectivity index (χ0v) is 19.9. The first-order valence-corrected chi connectivity index (χ1v) is 9.64. The minimum atomic E-state index is -1.44. The average molecular weight is 455 g/mol. The molecule has 0 aromatic heterocycles. The van der Waals surface area contributed by atoms with Gasteiger partial charge in [-0.05, 0) is 64.4 Å². The van der Waals surface area contributed by atoms with Gasteiger partial charge in [-0.1, -0.05) is 0 Å². The Labute approximate surface area is 189 Å². The number of hydrogen-bond acceptors (Lipinski definition) is 8. The molecule has 0 radical (unpaired) electrons. The van der Waals surface area contributed by atoms with Crippen molar-refractivity contribution in [2.45, 2.75) is 39.8 Å². The number of ether oxygens (including phenoxy) is 2. The van der Waals surface area contributed by atoms with Gasteiger partial charge in [0, 0.05) is 26.2 Å². The fraction of sp³-hybridized carbons (Fsp3) is 0.455. The average Bonchev–Trinajstić information content (AvgIpc) is 2.69. The fourth-order valence-corrected chi connectivity index (χ4v) is 2.16. The predicted molar refractivity (Wildman–Crippen MR) is 120 cm³/mol. The van der Waals surface area contributed by atoms with E-state index in [1.807, 2.05) is 46.7 Å². The summed E-state index contributed by atoms with van der Waals surface area (Å²) in [5, 5.41) is 17.3. The molecule has 0 aliphatic rings. The first kappa shape index (κ1) is 30.6. The summed E-state index contributed by atoms with van der Waals surface area (Å²) >= 11 is 0. The smallest absolute Gasteiger partial charge is 0.345 e. The topological polar surface area (TPSA) is 134 Å². The van der Waals surface area contributed by atoms with E-state index in [4.69, 9.17) is 10.2 Å². The van der Waals surface area contributed by atoms with E-state index in [0.717, 1.165) is 6.08 Å². The van der Waals surface area contributed by atoms with Crippen molar-refractivity contribution >= 4 is 23.9 Å². The summed E-state index contributed by atoms with van der Waals surface area (Å²) in [5.74, 6) is -4.32. The molecule has 0 aromatic rings. The van der Waals surface area contributed by atoms with Gasteiger partial charge in [0.1, 0.15) is 11.1 Å². The van der Waals surface area contributed by atoms with Crippen LogP contribution in [0.4, 0.5) is 0 Å². The molecule has 2 N–H and O–H groups in total. The molecule has 10 heteroatoms. The van der Waals surface area contributed by atoms with Crippen molar-refractivity contribution in [3.05, 3.63) is 47.9 Å². The quantitative estimate of drug-likeness (QED) is 0.166. The molecular weight excluding hydrogens is 420 g/mol. The number of carbonyl (C=O) groups excluding carboxylic acids is 2. The second-order valence-corrected chi connectivity index (χ2v) is 7.04. The number of nitrogens with zero attached hydrogens (tertiary/aromatic N) is 2. The van der Waals surface area contributed by atoms with Crippen LogP contribution in [-0.4, -0.2) is 84.3 Å². The largest absolute Gasteiger partial charge is 0.477 e. The normalized spacial score (nSPS) is 10.3. The van der Waals surface area contributed by atoms with Crippen LogP contribution in [-0.2, 0) is 28.7 Å². The van der Waals surface area contributed by atoms with Gasteiger partial charge in [-0.15, -0.1) is 0 Å². The van der Waals surface area contributed by atoms with Crippen LogP contribution in [0.25, 0.3) is 0 Å². The van der Waals surface area contributed by atoms with Gasteiger partial charge < -0.3 is 29.5 Å². The van der Waals surface area contributed by atoms with Crippen LogP contribution >= 0.6 is 0 Å². The molecule has 10 nitrogen and oxygen atoms in total. The molecule has 0 saturated carbocycles. The van der Waals surface area contributed by atoms with Gasteiger partial charge in [-0.25, -0.2) is 19.2 Å². The lowest BCUT2D eigenvalue weighted by Gasteiger charge is -2.28. The van der Waals surface area contributed by atoms with E-state index in [0.29, 0.717) is 0 Å². The maximum atomic E-state index is 11.1. The third-order valence-corrected chi connectivity index (χ3v) is 3.63. The zero-order chi connectivity index (χ0) is 25.4. The Bertz CT molecular complexity index is 720. The first-order chi connectivity index (χ1) is 14.8. The molecule has 0 aromatic carbocycles. The molecule has 0 bridgehead atoms. The number of methoxy groups -OCH3 is 2. The lowest BCUT2D eigenvalue weighted by molar-refractivity contribution is -0.144. The molecule has 0 aliphatic carbocycles. The van der Waals surface area contributed by atoms with Crippen LogP contribution in [0.1, 0.15) is 27.7 Å². The molecule has 0 fully saturated rings. The summed E-state index contributed by atoms with van der Waals surface area (Å²) in [6.07, 6.45) is 8.81. The number of carboxylic acids is 2. The van der Waals surface area contributed by atoms with Crippen molar-refractivity contribution in [2.24, 2.45) is 0 Å². The van der Waals surface area contributed by atoms with Crippen LogP contribution < -0.4 is 0 Å². The molecule has 0 heterocycles. The van der Waals surface area contributed by atoms with E-state index < -0.39 is 29.5 Å². The SMILES string of the molecule is CC(C)N(C=CC=C(C(=O)O)C(=O)O)C(C)C.COC(=O)C(=CC=CN(C)C)C(=O)OC. The second-order valence-electron chi connectivity index (χ2n) is 7.04. The minimum Gasteiger partial charge on any atom is -0.477 e. The summed E-state index contributed by atoms with van der Waals surface area (Å²) in [6, 6.07) is 0.524. The van der Waals surface area contributed by atoms with Gasteiger partial charge in [0.05, 0.1) is 14.2 Å². The van der Waals surface area contributed by atoms with Gasteiger partial charge in [0.2, 0.25) is 0 Å². The van der Waals surface area contributed by atoms with E-state index in [1.165, 1.54) is 26.4 Å². The molecule has 32 heavy (non-hydrogen) atoms. The summed E-state index contributed by atoms with van der Waals surface area (Å²) in [7, 11) is 6.05. The van der Waals surface area contributed by atoms with Crippen molar-refractivity contribution in [1.29, 1.82) is 0 Å². The van der Waals surface area contributed by atoms with Crippen LogP contribution in [0.15, 0.2) is 47.9 Å². The minimum absolute atomic E-state index is 0.141. The molecule has 0 amide bonds. The summed E-state index contributed by atoms with van der Waals surface area (Å²) in [4.78, 5) is 47.2. The molecule has 0 saturated heterocycles. The maximum Gasteiger partial charge on any atom is 0.345 e. The van der Waals surface area contributed by atoms with Crippen molar-refractivity contribution < 1.29 is 38.9 Å². The first-order valence-electron chi connectivity index (χ1n) is 9.64. The lowest BCUT2D eigenvalue weighted by Crippen LogP contribution is -2.31. The Hall–Kier alpha value is -3.56. The molecule has 0 unspecified atom stereocenters. The highest BCUT2D eigenvalue weighted by Crippen LogP contribution is 2.06. The van der Waals surface area contributed by atoms with E-state index in [2.05, 4.69) is 9.47 Å². The van der Waals surface area contributed by atoms with Gasteiger partial charge in [-0.2, -0.15) is 0 Å². The van der Waals surface area contributed by atoms with E-state index in [-0.39, 0.29) is 17.7 Å². The summed E-state index contributed by atoms with van der Waals surface area (Å²) in [6.45, 7) is 8.01. The van der Waals surface area contributed by atoms with E-state index in [9.17, 15) is 19.2 Å². The molecule has 180 valence electrons. The monoisotopic (exact) mass is 454 g/mol.